The van der Waals surface area contributed by atoms with Crippen molar-refractivity contribution in [3.05, 3.63) is 58.9 Å². The quantitative estimate of drug-likeness (QED) is 0.571. The molecule has 1 aromatic heterocycles. The predicted octanol–water partition coefficient (Wildman–Crippen LogP) is 3.21. The number of thiazole rings is 1. The molecule has 0 fully saturated rings. The number of sulfonamides is 1. The zero-order valence-corrected chi connectivity index (χ0v) is 17.0. The third kappa shape index (κ3) is 4.94. The third-order valence-electron chi connectivity index (χ3n) is 4.00. The highest BCUT2D eigenvalue weighted by Gasteiger charge is 2.14. The lowest BCUT2D eigenvalue weighted by atomic mass is 10.1. The van der Waals surface area contributed by atoms with Crippen molar-refractivity contribution < 1.29 is 13.2 Å². The molecule has 3 aromatic rings. The fourth-order valence-electron chi connectivity index (χ4n) is 2.56. The van der Waals surface area contributed by atoms with Crippen LogP contribution in [0.3, 0.4) is 0 Å². The summed E-state index contributed by atoms with van der Waals surface area (Å²) >= 11 is 1.59. The van der Waals surface area contributed by atoms with Crippen molar-refractivity contribution in [3.63, 3.8) is 0 Å². The number of aromatic nitrogens is 1. The second kappa shape index (κ2) is 8.09. The summed E-state index contributed by atoms with van der Waals surface area (Å²) in [6.45, 7) is 3.70. The molecule has 0 bridgehead atoms. The maximum Gasteiger partial charge on any atom is 0.246 e. The summed E-state index contributed by atoms with van der Waals surface area (Å²) < 4.78 is 22.6. The molecule has 0 aliphatic heterocycles. The largest absolute Gasteiger partial charge is 0.374 e. The average molecular weight is 417 g/mol. The molecule has 0 saturated carbocycles. The second-order valence-electron chi connectivity index (χ2n) is 6.26. The van der Waals surface area contributed by atoms with Crippen molar-refractivity contribution in [3.8, 4) is 11.3 Å². The van der Waals surface area contributed by atoms with Crippen LogP contribution < -0.4 is 15.8 Å². The number of rotatable bonds is 6. The summed E-state index contributed by atoms with van der Waals surface area (Å²) in [7, 11) is -3.76. The van der Waals surface area contributed by atoms with Crippen LogP contribution in [0.4, 0.5) is 11.4 Å². The Morgan fingerprint density at radius 3 is 2.46 bits per heavy atom. The Bertz CT molecular complexity index is 1090. The molecule has 0 aliphatic carbocycles. The van der Waals surface area contributed by atoms with Crippen LogP contribution >= 0.6 is 11.3 Å². The Morgan fingerprint density at radius 1 is 1.14 bits per heavy atom. The molecular weight excluding hydrogens is 396 g/mol. The van der Waals surface area contributed by atoms with E-state index in [1.807, 2.05) is 36.6 Å². The van der Waals surface area contributed by atoms with Crippen molar-refractivity contribution in [1.82, 2.24) is 4.98 Å². The van der Waals surface area contributed by atoms with Gasteiger partial charge in [-0.15, -0.1) is 11.3 Å². The van der Waals surface area contributed by atoms with E-state index in [1.54, 1.807) is 18.3 Å². The number of amides is 1. The number of carbonyl (C=O) groups excluding carboxylic acids is 1. The van der Waals surface area contributed by atoms with Gasteiger partial charge in [0.1, 0.15) is 6.04 Å². The van der Waals surface area contributed by atoms with Crippen molar-refractivity contribution >= 4 is 38.6 Å². The number of hydrogen-bond acceptors (Lipinski definition) is 6. The molecule has 2 aromatic carbocycles. The number of nitrogens with two attached hydrogens (primary N) is 1. The number of nitrogens with zero attached hydrogens (tertiary/aromatic N) is 1. The molecule has 3 rings (SSSR count). The molecule has 28 heavy (non-hydrogen) atoms. The van der Waals surface area contributed by atoms with Crippen LogP contribution in [-0.2, 0) is 14.8 Å². The van der Waals surface area contributed by atoms with Crippen molar-refractivity contribution in [1.29, 1.82) is 0 Å². The number of primary sulfonamides is 1. The van der Waals surface area contributed by atoms with E-state index in [4.69, 9.17) is 5.14 Å². The smallest absolute Gasteiger partial charge is 0.246 e. The summed E-state index contributed by atoms with van der Waals surface area (Å²) in [4.78, 5) is 16.9. The Kier molecular flexibility index (Phi) is 5.78. The van der Waals surface area contributed by atoms with Gasteiger partial charge >= 0.3 is 0 Å². The molecule has 1 amide bonds. The lowest BCUT2D eigenvalue weighted by molar-refractivity contribution is -0.116. The second-order valence-corrected chi connectivity index (χ2v) is 8.88. The lowest BCUT2D eigenvalue weighted by Gasteiger charge is -2.16. The van der Waals surface area contributed by atoms with Gasteiger partial charge in [0, 0.05) is 22.3 Å². The first-order valence-electron chi connectivity index (χ1n) is 8.45. The minimum absolute atomic E-state index is 0.00855. The molecule has 0 unspecified atom stereocenters. The molecule has 4 N–H and O–H groups in total. The van der Waals surface area contributed by atoms with E-state index in [0.29, 0.717) is 5.69 Å². The van der Waals surface area contributed by atoms with Crippen LogP contribution in [0.15, 0.2) is 58.8 Å². The predicted molar refractivity (Wildman–Crippen MR) is 112 cm³/mol. The number of benzene rings is 2. The zero-order chi connectivity index (χ0) is 20.3. The van der Waals surface area contributed by atoms with Crippen molar-refractivity contribution in [2.24, 2.45) is 5.14 Å². The highest BCUT2D eigenvalue weighted by Crippen LogP contribution is 2.24. The standard InChI is InChI=1S/C19H20N4O3S2/c1-12(19(24)23-15-6-8-17(9-7-15)28(20,25)26)21-16-5-3-4-14(10-16)18-11-27-13(2)22-18/h3-12,21H,1-2H3,(H,23,24)(H2,20,25,26)/t12-/m1/s1. The Labute approximate surface area is 167 Å². The molecule has 0 saturated heterocycles. The maximum absolute atomic E-state index is 12.4. The summed E-state index contributed by atoms with van der Waals surface area (Å²) in [6, 6.07) is 12.9. The number of hydrogen-bond donors (Lipinski definition) is 3. The van der Waals surface area contributed by atoms with Gasteiger partial charge in [-0.1, -0.05) is 12.1 Å². The van der Waals surface area contributed by atoms with Gasteiger partial charge in [-0.05, 0) is 50.2 Å². The van der Waals surface area contributed by atoms with E-state index in [-0.39, 0.29) is 10.8 Å². The van der Waals surface area contributed by atoms with E-state index in [1.165, 1.54) is 24.3 Å². The van der Waals surface area contributed by atoms with Crippen molar-refractivity contribution in [2.75, 3.05) is 10.6 Å². The van der Waals surface area contributed by atoms with Crippen LogP contribution in [0.1, 0.15) is 11.9 Å². The van der Waals surface area contributed by atoms with E-state index < -0.39 is 16.1 Å². The molecule has 1 atom stereocenters. The van der Waals surface area contributed by atoms with Crippen LogP contribution in [-0.4, -0.2) is 25.4 Å². The Balaban J connectivity index is 1.66. The van der Waals surface area contributed by atoms with Gasteiger partial charge in [-0.3, -0.25) is 4.79 Å². The monoisotopic (exact) mass is 416 g/mol. The minimum atomic E-state index is -3.76. The summed E-state index contributed by atoms with van der Waals surface area (Å²) in [5.41, 5.74) is 3.16. The average Bonchev–Trinajstić information content (AvgIpc) is 3.08. The molecule has 0 radical (unpaired) electrons. The first-order chi connectivity index (χ1) is 13.2. The molecule has 146 valence electrons. The van der Waals surface area contributed by atoms with Gasteiger partial charge < -0.3 is 10.6 Å². The van der Waals surface area contributed by atoms with E-state index in [2.05, 4.69) is 15.6 Å². The number of anilines is 2. The van der Waals surface area contributed by atoms with Crippen LogP contribution in [0.2, 0.25) is 0 Å². The molecule has 1 heterocycles. The minimum Gasteiger partial charge on any atom is -0.374 e. The first-order valence-corrected chi connectivity index (χ1v) is 10.9. The summed E-state index contributed by atoms with van der Waals surface area (Å²) in [5.74, 6) is -0.252. The summed E-state index contributed by atoms with van der Waals surface area (Å²) in [5, 5.41) is 14.0. The molecule has 9 heteroatoms. The fraction of sp³-hybridized carbons (Fsp3) is 0.158. The molecule has 7 nitrogen and oxygen atoms in total. The van der Waals surface area contributed by atoms with E-state index in [9.17, 15) is 13.2 Å². The van der Waals surface area contributed by atoms with E-state index >= 15 is 0 Å². The van der Waals surface area contributed by atoms with Crippen LogP contribution in [0.5, 0.6) is 0 Å². The Morgan fingerprint density at radius 2 is 1.86 bits per heavy atom. The molecule has 0 aliphatic rings. The van der Waals surface area contributed by atoms with Crippen molar-refractivity contribution in [2.45, 2.75) is 24.8 Å². The van der Waals surface area contributed by atoms with Gasteiger partial charge in [0.05, 0.1) is 15.6 Å². The normalized spacial score (nSPS) is 12.4. The van der Waals surface area contributed by atoms with Gasteiger partial charge in [-0.2, -0.15) is 0 Å². The van der Waals surface area contributed by atoms with Crippen LogP contribution in [0.25, 0.3) is 11.3 Å². The van der Waals surface area contributed by atoms with Crippen LogP contribution in [0, 0.1) is 6.92 Å². The zero-order valence-electron chi connectivity index (χ0n) is 15.3. The van der Waals surface area contributed by atoms with Gasteiger partial charge in [0.25, 0.3) is 0 Å². The highest BCUT2D eigenvalue weighted by molar-refractivity contribution is 7.89. The molecule has 0 spiro atoms. The van der Waals surface area contributed by atoms with Gasteiger partial charge in [0.2, 0.25) is 15.9 Å². The van der Waals surface area contributed by atoms with Gasteiger partial charge in [0.15, 0.2) is 0 Å². The third-order valence-corrected chi connectivity index (χ3v) is 5.71. The fourth-order valence-corrected chi connectivity index (χ4v) is 3.70. The molecular formula is C19H20N4O3S2. The van der Waals surface area contributed by atoms with E-state index in [0.717, 1.165) is 22.0 Å². The maximum atomic E-state index is 12.4. The number of aryl methyl sites for hydroxylation is 1. The Hall–Kier alpha value is -2.75. The lowest BCUT2D eigenvalue weighted by Crippen LogP contribution is -2.31. The summed E-state index contributed by atoms with van der Waals surface area (Å²) in [6.07, 6.45) is 0. The number of nitrogens with one attached hydrogen (secondary N) is 2. The first kappa shape index (κ1) is 20.0. The van der Waals surface area contributed by atoms with Gasteiger partial charge in [-0.25, -0.2) is 18.5 Å². The number of carbonyl (C=O) groups is 1. The SMILES string of the molecule is Cc1nc(-c2cccc(N[C@H](C)C(=O)Nc3ccc(S(N)(=O)=O)cc3)c2)cs1. The topological polar surface area (TPSA) is 114 Å². The highest BCUT2D eigenvalue weighted by atomic mass is 32.2.